The zero-order valence-electron chi connectivity index (χ0n) is 20.8. The number of pyridine rings is 1. The summed E-state index contributed by atoms with van der Waals surface area (Å²) in [6.07, 6.45) is -0.948. The van der Waals surface area contributed by atoms with Gasteiger partial charge in [0.1, 0.15) is 16.3 Å². The summed E-state index contributed by atoms with van der Waals surface area (Å²) in [5.74, 6) is -3.65. The number of benzene rings is 2. The molecule has 212 valence electrons. The van der Waals surface area contributed by atoms with Crippen molar-refractivity contribution in [1.82, 2.24) is 4.98 Å². The van der Waals surface area contributed by atoms with Crippen LogP contribution in [0.2, 0.25) is 5.02 Å². The molecule has 1 aliphatic rings. The summed E-state index contributed by atoms with van der Waals surface area (Å²) >= 11 is 6.01. The van der Waals surface area contributed by atoms with E-state index < -0.39 is 28.1 Å². The van der Waals surface area contributed by atoms with Crippen molar-refractivity contribution in [2.75, 3.05) is 22.7 Å². The zero-order valence-corrected chi connectivity index (χ0v) is 22.4. The first-order valence-electron chi connectivity index (χ1n) is 11.5. The Hall–Kier alpha value is -4.10. The van der Waals surface area contributed by atoms with E-state index in [9.17, 15) is 31.5 Å². The minimum Gasteiger partial charge on any atom is -0.478 e. The van der Waals surface area contributed by atoms with E-state index in [0.29, 0.717) is 18.9 Å². The van der Waals surface area contributed by atoms with Crippen molar-refractivity contribution in [2.45, 2.75) is 24.4 Å². The molecule has 3 aromatic rings. The number of aromatic carboxylic acids is 1. The fourth-order valence-electron chi connectivity index (χ4n) is 3.83. The second kappa shape index (κ2) is 12.4. The number of nitrogens with one attached hydrogen (secondary N) is 1. The summed E-state index contributed by atoms with van der Waals surface area (Å²) in [6, 6.07) is 15.4. The predicted molar refractivity (Wildman–Crippen MR) is 143 cm³/mol. The van der Waals surface area contributed by atoms with Gasteiger partial charge in [0.05, 0.1) is 16.9 Å². The molecule has 2 heterocycles. The van der Waals surface area contributed by atoms with Crippen LogP contribution in [0.25, 0.3) is 5.57 Å². The number of alkyl halides is 3. The van der Waals surface area contributed by atoms with Crippen LogP contribution in [0.1, 0.15) is 27.9 Å². The predicted octanol–water partition coefficient (Wildman–Crippen LogP) is 5.47. The van der Waals surface area contributed by atoms with Crippen LogP contribution in [0.3, 0.4) is 0 Å². The lowest BCUT2D eigenvalue weighted by atomic mass is 9.95. The third kappa shape index (κ3) is 7.51. The van der Waals surface area contributed by atoms with E-state index in [2.05, 4.69) is 34.8 Å². The average molecular weight is 598 g/mol. The quantitative estimate of drug-likeness (QED) is 0.340. The molecule has 0 spiro atoms. The number of anilines is 2. The molecule has 0 saturated carbocycles. The molecule has 0 saturated heterocycles. The lowest BCUT2D eigenvalue weighted by molar-refractivity contribution is -0.192. The van der Waals surface area contributed by atoms with Crippen molar-refractivity contribution < 1.29 is 41.4 Å². The molecule has 1 aromatic heterocycles. The molecule has 0 radical (unpaired) electrons. The van der Waals surface area contributed by atoms with Gasteiger partial charge >= 0.3 is 18.1 Å². The third-order valence-corrected chi connectivity index (χ3v) is 7.60. The molecule has 40 heavy (non-hydrogen) atoms. The fraction of sp³-hybridized carbons (Fsp3) is 0.192. The molecule has 0 atom stereocenters. The monoisotopic (exact) mass is 597 g/mol. The second-order valence-corrected chi connectivity index (χ2v) is 10.5. The molecule has 1 aliphatic heterocycles. The lowest BCUT2D eigenvalue weighted by Crippen LogP contribution is -2.31. The van der Waals surface area contributed by atoms with Gasteiger partial charge in [0.15, 0.2) is 0 Å². The molecule has 14 heteroatoms. The van der Waals surface area contributed by atoms with Gasteiger partial charge in [0, 0.05) is 13.1 Å². The van der Waals surface area contributed by atoms with E-state index in [-0.39, 0.29) is 21.2 Å². The Bertz CT molecular complexity index is 1560. The van der Waals surface area contributed by atoms with Crippen molar-refractivity contribution in [3.05, 3.63) is 88.6 Å². The van der Waals surface area contributed by atoms with Gasteiger partial charge in [0.25, 0.3) is 10.0 Å². The number of halogens is 4. The van der Waals surface area contributed by atoms with E-state index in [1.807, 2.05) is 17.0 Å². The minimum atomic E-state index is -5.08. The SMILES string of the molecule is Cc1ccccc1C1=CCN(c2ncc(NS(=O)(=O)c3ccccc3Cl)cc2C(=O)O)CC1.O=C(O)C(F)(F)F. The highest BCUT2D eigenvalue weighted by atomic mass is 35.5. The van der Waals surface area contributed by atoms with Gasteiger partial charge in [0.2, 0.25) is 0 Å². The first kappa shape index (κ1) is 30.4. The van der Waals surface area contributed by atoms with Gasteiger partial charge < -0.3 is 15.1 Å². The number of nitrogens with zero attached hydrogens (tertiary/aromatic N) is 2. The number of carboxylic acids is 2. The number of carboxylic acid groups (broad SMARTS) is 2. The molecular weight excluding hydrogens is 575 g/mol. The summed E-state index contributed by atoms with van der Waals surface area (Å²) in [7, 11) is -4.00. The maximum atomic E-state index is 12.7. The molecule has 0 fully saturated rings. The molecule has 0 bridgehead atoms. The topological polar surface area (TPSA) is 137 Å². The Morgan fingerprint density at radius 2 is 1.70 bits per heavy atom. The number of aryl methyl sites for hydroxylation is 1. The third-order valence-electron chi connectivity index (χ3n) is 5.72. The largest absolute Gasteiger partial charge is 0.490 e. The smallest absolute Gasteiger partial charge is 0.478 e. The van der Waals surface area contributed by atoms with E-state index in [4.69, 9.17) is 21.5 Å². The van der Waals surface area contributed by atoms with E-state index >= 15 is 0 Å². The van der Waals surface area contributed by atoms with E-state index in [1.165, 1.54) is 41.1 Å². The van der Waals surface area contributed by atoms with Gasteiger partial charge in [-0.3, -0.25) is 4.72 Å². The van der Waals surface area contributed by atoms with Crippen LogP contribution < -0.4 is 9.62 Å². The van der Waals surface area contributed by atoms with Crippen molar-refractivity contribution >= 4 is 50.6 Å². The zero-order chi connectivity index (χ0) is 29.7. The number of rotatable bonds is 6. The van der Waals surface area contributed by atoms with Crippen LogP contribution in [-0.2, 0) is 14.8 Å². The fourth-order valence-corrected chi connectivity index (χ4v) is 5.39. The van der Waals surface area contributed by atoms with Crippen LogP contribution >= 0.6 is 11.6 Å². The molecule has 0 aliphatic carbocycles. The summed E-state index contributed by atoms with van der Waals surface area (Å²) < 4.78 is 59.5. The van der Waals surface area contributed by atoms with Gasteiger partial charge in [-0.25, -0.2) is 23.0 Å². The Balaban J connectivity index is 0.000000559. The van der Waals surface area contributed by atoms with Gasteiger partial charge in [-0.05, 0) is 48.2 Å². The number of hydrogen-bond acceptors (Lipinski definition) is 6. The highest BCUT2D eigenvalue weighted by Gasteiger charge is 2.38. The molecular formula is C26H23ClF3N3O6S. The normalized spacial score (nSPS) is 13.5. The molecule has 4 rings (SSSR count). The Morgan fingerprint density at radius 3 is 2.25 bits per heavy atom. The lowest BCUT2D eigenvalue weighted by Gasteiger charge is -2.29. The molecule has 3 N–H and O–H groups in total. The van der Waals surface area contributed by atoms with Gasteiger partial charge in [-0.15, -0.1) is 0 Å². The Kier molecular flexibility index (Phi) is 9.43. The van der Waals surface area contributed by atoms with Crippen LogP contribution in [0, 0.1) is 6.92 Å². The summed E-state index contributed by atoms with van der Waals surface area (Å²) in [5.41, 5.74) is 3.56. The Labute approximate surface area is 232 Å². The number of aromatic nitrogens is 1. The molecule has 0 amide bonds. The Morgan fingerprint density at radius 1 is 1.07 bits per heavy atom. The van der Waals surface area contributed by atoms with Crippen LogP contribution in [-0.4, -0.2) is 54.8 Å². The van der Waals surface area contributed by atoms with Crippen LogP contribution in [0.15, 0.2) is 71.8 Å². The molecule has 9 nitrogen and oxygen atoms in total. The standard InChI is InChI=1S/C24H22ClN3O4S.C2HF3O2/c1-16-6-2-3-7-19(16)17-10-12-28(13-11-17)23-20(24(29)30)14-18(15-26-23)27-33(31,32)22-9-5-4-8-21(22)25;3-2(4,5)1(6)7/h2-10,14-15,27H,11-13H2,1H3,(H,29,30);(H,6,7). The summed E-state index contributed by atoms with van der Waals surface area (Å²) in [6.45, 7) is 3.16. The van der Waals surface area contributed by atoms with Crippen molar-refractivity contribution in [2.24, 2.45) is 0 Å². The highest BCUT2D eigenvalue weighted by molar-refractivity contribution is 7.92. The maximum absolute atomic E-state index is 12.7. The van der Waals surface area contributed by atoms with Crippen molar-refractivity contribution in [3.63, 3.8) is 0 Å². The second-order valence-electron chi connectivity index (χ2n) is 8.48. The number of sulfonamides is 1. The van der Waals surface area contributed by atoms with E-state index in [0.717, 1.165) is 6.42 Å². The molecule has 0 unspecified atom stereocenters. The summed E-state index contributed by atoms with van der Waals surface area (Å²) in [4.78, 5) is 26.9. The minimum absolute atomic E-state index is 0.0456. The number of carbonyl (C=O) groups is 2. The van der Waals surface area contributed by atoms with Crippen LogP contribution in [0.5, 0.6) is 0 Å². The van der Waals surface area contributed by atoms with E-state index in [1.54, 1.807) is 12.1 Å². The van der Waals surface area contributed by atoms with Crippen molar-refractivity contribution in [1.29, 1.82) is 0 Å². The average Bonchev–Trinajstić information content (AvgIpc) is 2.89. The number of aliphatic carboxylic acids is 1. The van der Waals surface area contributed by atoms with Crippen LogP contribution in [0.4, 0.5) is 24.7 Å². The number of hydrogen-bond donors (Lipinski definition) is 3. The highest BCUT2D eigenvalue weighted by Crippen LogP contribution is 2.30. The maximum Gasteiger partial charge on any atom is 0.490 e. The molecule has 2 aromatic carbocycles. The van der Waals surface area contributed by atoms with Gasteiger partial charge in [-0.1, -0.05) is 54.1 Å². The first-order valence-corrected chi connectivity index (χ1v) is 13.4. The van der Waals surface area contributed by atoms with Gasteiger partial charge in [-0.2, -0.15) is 13.2 Å². The van der Waals surface area contributed by atoms with Crippen molar-refractivity contribution in [3.8, 4) is 0 Å². The first-order chi connectivity index (χ1) is 18.7. The summed E-state index contributed by atoms with van der Waals surface area (Å²) in [5, 5.41) is 17.0.